The highest BCUT2D eigenvalue weighted by Crippen LogP contribution is 2.40. The molecule has 8 aromatic carbocycles. The summed E-state index contributed by atoms with van der Waals surface area (Å²) in [6.45, 7) is 0. The van der Waals surface area contributed by atoms with E-state index in [1.165, 1.54) is 16.2 Å². The summed E-state index contributed by atoms with van der Waals surface area (Å²) in [5, 5.41) is 18.3. The number of para-hydroxylation sites is 1. The molecule has 0 radical (unpaired) electrons. The molecule has 10 rings (SSSR count). The zero-order chi connectivity index (χ0) is 34.6. The van der Waals surface area contributed by atoms with Gasteiger partial charge in [-0.15, -0.1) is 0 Å². The lowest BCUT2D eigenvalue weighted by atomic mass is 9.95. The van der Waals surface area contributed by atoms with Gasteiger partial charge in [0.2, 0.25) is 0 Å². The number of nitrogens with zero attached hydrogens (tertiary/aromatic N) is 3. The van der Waals surface area contributed by atoms with Gasteiger partial charge >= 0.3 is 0 Å². The fourth-order valence-corrected chi connectivity index (χ4v) is 7.26. The van der Waals surface area contributed by atoms with Crippen LogP contribution in [0.3, 0.4) is 0 Å². The Morgan fingerprint density at radius 3 is 1.87 bits per heavy atom. The molecule has 0 saturated heterocycles. The summed E-state index contributed by atoms with van der Waals surface area (Å²) in [6.07, 6.45) is 0. The topological polar surface area (TPSA) is 72.0 Å². The Morgan fingerprint density at radius 2 is 1.00 bits per heavy atom. The van der Waals surface area contributed by atoms with Crippen LogP contribution < -0.4 is 0 Å². The number of fused-ring (bicyclic) bond motifs is 6. The summed E-state index contributed by atoms with van der Waals surface area (Å²) in [7, 11) is 0. The smallest absolute Gasteiger partial charge is 0.164 e. The molecule has 0 atom stereocenters. The number of aromatic nitrogens is 3. The Labute approximate surface area is 299 Å². The lowest BCUT2D eigenvalue weighted by Crippen LogP contribution is -2.01. The lowest BCUT2D eigenvalue weighted by Gasteiger charge is -2.14. The highest BCUT2D eigenvalue weighted by atomic mass is 16.3. The van der Waals surface area contributed by atoms with Crippen molar-refractivity contribution in [3.05, 3.63) is 170 Å². The van der Waals surface area contributed by atoms with Crippen molar-refractivity contribution in [2.24, 2.45) is 0 Å². The van der Waals surface area contributed by atoms with Gasteiger partial charge in [0, 0.05) is 33.0 Å². The van der Waals surface area contributed by atoms with Crippen molar-refractivity contribution in [3.63, 3.8) is 0 Å². The van der Waals surface area contributed by atoms with Gasteiger partial charge in [-0.05, 0) is 68.6 Å². The van der Waals surface area contributed by atoms with Crippen molar-refractivity contribution in [2.45, 2.75) is 0 Å². The molecule has 2 aromatic heterocycles. The monoisotopic (exact) mass is 667 g/mol. The third kappa shape index (κ3) is 5.07. The van der Waals surface area contributed by atoms with Crippen LogP contribution in [-0.4, -0.2) is 20.1 Å². The fraction of sp³-hybridized carbons (Fsp3) is 0. The van der Waals surface area contributed by atoms with Crippen LogP contribution >= 0.6 is 0 Å². The van der Waals surface area contributed by atoms with Gasteiger partial charge in [0.25, 0.3) is 0 Å². The molecular weight excluding hydrogens is 639 g/mol. The van der Waals surface area contributed by atoms with Crippen LogP contribution in [-0.2, 0) is 0 Å². The molecule has 0 amide bonds. The Hall–Kier alpha value is -7.11. The molecular formula is C47H29N3O2. The minimum atomic E-state index is 0.150. The first-order chi connectivity index (χ1) is 25.7. The number of hydrogen-bond acceptors (Lipinski definition) is 5. The quantitative estimate of drug-likeness (QED) is 0.185. The second kappa shape index (κ2) is 12.0. The van der Waals surface area contributed by atoms with Gasteiger partial charge in [-0.25, -0.2) is 15.0 Å². The average molecular weight is 668 g/mol. The predicted octanol–water partition coefficient (Wildman–Crippen LogP) is 12.1. The summed E-state index contributed by atoms with van der Waals surface area (Å²) in [4.78, 5) is 15.1. The summed E-state index contributed by atoms with van der Waals surface area (Å²) in [6, 6.07) is 57.2. The summed E-state index contributed by atoms with van der Waals surface area (Å²) >= 11 is 0. The molecule has 0 bridgehead atoms. The van der Waals surface area contributed by atoms with E-state index in [9.17, 15) is 5.11 Å². The zero-order valence-corrected chi connectivity index (χ0v) is 27.9. The van der Waals surface area contributed by atoms with Gasteiger partial charge in [0.1, 0.15) is 16.9 Å². The summed E-state index contributed by atoms with van der Waals surface area (Å²) in [5.41, 5.74) is 7.88. The van der Waals surface area contributed by atoms with Gasteiger partial charge in [-0.2, -0.15) is 0 Å². The molecule has 2 heterocycles. The predicted molar refractivity (Wildman–Crippen MR) is 211 cm³/mol. The van der Waals surface area contributed by atoms with Crippen molar-refractivity contribution >= 4 is 43.5 Å². The minimum Gasteiger partial charge on any atom is -0.507 e. The van der Waals surface area contributed by atoms with E-state index < -0.39 is 0 Å². The van der Waals surface area contributed by atoms with Crippen molar-refractivity contribution in [2.75, 3.05) is 0 Å². The van der Waals surface area contributed by atoms with Gasteiger partial charge in [-0.3, -0.25) is 0 Å². The molecule has 0 fully saturated rings. The van der Waals surface area contributed by atoms with Gasteiger partial charge in [0.05, 0.1) is 0 Å². The number of aromatic hydroxyl groups is 1. The molecule has 52 heavy (non-hydrogen) atoms. The molecule has 0 aliphatic heterocycles. The Bertz CT molecular complexity index is 2970. The van der Waals surface area contributed by atoms with E-state index >= 15 is 0 Å². The van der Waals surface area contributed by atoms with Gasteiger partial charge in [0.15, 0.2) is 17.5 Å². The number of phenolic OH excluding ortho intramolecular Hbond substituents is 1. The zero-order valence-electron chi connectivity index (χ0n) is 27.9. The van der Waals surface area contributed by atoms with E-state index in [1.807, 2.05) is 78.9 Å². The largest absolute Gasteiger partial charge is 0.507 e. The Morgan fingerprint density at radius 1 is 0.365 bits per heavy atom. The lowest BCUT2D eigenvalue weighted by molar-refractivity contribution is 0.477. The normalized spacial score (nSPS) is 11.5. The third-order valence-electron chi connectivity index (χ3n) is 9.84. The van der Waals surface area contributed by atoms with E-state index in [2.05, 4.69) is 84.9 Å². The van der Waals surface area contributed by atoms with Crippen LogP contribution in [0.1, 0.15) is 0 Å². The maximum atomic E-state index is 11.4. The molecule has 0 unspecified atom stereocenters. The van der Waals surface area contributed by atoms with E-state index in [-0.39, 0.29) is 5.75 Å². The van der Waals surface area contributed by atoms with Crippen LogP contribution in [0.25, 0.3) is 99.9 Å². The molecule has 0 aliphatic rings. The Kier molecular flexibility index (Phi) is 6.89. The molecule has 5 nitrogen and oxygen atoms in total. The SMILES string of the molecule is Oc1cccc(-c2nc(-c3ccccc3)nc(-c3ccc4c(ccc5ccccc54)c3)n2)c1-c1ccc(-c2ccc3oc4ccccc4c3c2)cc1. The molecule has 1 N–H and O–H groups in total. The fourth-order valence-electron chi connectivity index (χ4n) is 7.26. The maximum Gasteiger partial charge on any atom is 0.164 e. The Balaban J connectivity index is 1.09. The minimum absolute atomic E-state index is 0.150. The molecule has 0 spiro atoms. The van der Waals surface area contributed by atoms with E-state index in [1.54, 1.807) is 6.07 Å². The van der Waals surface area contributed by atoms with Crippen LogP contribution in [0.2, 0.25) is 0 Å². The number of phenols is 1. The van der Waals surface area contributed by atoms with Crippen molar-refractivity contribution in [1.29, 1.82) is 0 Å². The van der Waals surface area contributed by atoms with E-state index in [4.69, 9.17) is 19.4 Å². The second-order valence-electron chi connectivity index (χ2n) is 13.0. The molecule has 0 saturated carbocycles. The summed E-state index contributed by atoms with van der Waals surface area (Å²) < 4.78 is 6.05. The number of hydrogen-bond donors (Lipinski definition) is 1. The first kappa shape index (κ1) is 29.8. The second-order valence-corrected chi connectivity index (χ2v) is 13.0. The van der Waals surface area contributed by atoms with Crippen molar-refractivity contribution in [3.8, 4) is 62.2 Å². The van der Waals surface area contributed by atoms with Crippen LogP contribution in [0, 0.1) is 0 Å². The molecule has 0 aliphatic carbocycles. The van der Waals surface area contributed by atoms with Crippen LogP contribution in [0.15, 0.2) is 174 Å². The van der Waals surface area contributed by atoms with Gasteiger partial charge < -0.3 is 9.52 Å². The van der Waals surface area contributed by atoms with E-state index in [0.29, 0.717) is 28.6 Å². The van der Waals surface area contributed by atoms with E-state index in [0.717, 1.165) is 55.1 Å². The highest BCUT2D eigenvalue weighted by molar-refractivity contribution is 6.08. The molecule has 10 aromatic rings. The summed E-state index contributed by atoms with van der Waals surface area (Å²) in [5.74, 6) is 1.75. The number of rotatable bonds is 5. The number of benzene rings is 8. The average Bonchev–Trinajstić information content (AvgIpc) is 3.59. The highest BCUT2D eigenvalue weighted by Gasteiger charge is 2.19. The molecule has 5 heteroatoms. The first-order valence-corrected chi connectivity index (χ1v) is 17.2. The van der Waals surface area contributed by atoms with Crippen molar-refractivity contribution in [1.82, 2.24) is 15.0 Å². The first-order valence-electron chi connectivity index (χ1n) is 17.2. The number of furan rings is 1. The molecule has 244 valence electrons. The third-order valence-corrected chi connectivity index (χ3v) is 9.84. The van der Waals surface area contributed by atoms with Crippen LogP contribution in [0.5, 0.6) is 5.75 Å². The standard InChI is InChI=1S/C47H29N3O2/c51-41-15-8-14-39(44(41)31-20-17-29(18-21-31)33-24-26-43-40(28-33)38-13-6-7-16-42(38)52-43)47-49-45(32-10-2-1-3-11-32)48-46(50-47)35-23-25-37-34(27-35)22-19-30-9-4-5-12-36(30)37/h1-28,51H. The van der Waals surface area contributed by atoms with Crippen LogP contribution in [0.4, 0.5) is 0 Å². The maximum absolute atomic E-state index is 11.4. The van der Waals surface area contributed by atoms with Gasteiger partial charge in [-0.1, -0.05) is 140 Å². The van der Waals surface area contributed by atoms with Crippen molar-refractivity contribution < 1.29 is 9.52 Å².